The first kappa shape index (κ1) is 13.8. The molecule has 4 atom stereocenters. The van der Waals surface area contributed by atoms with Gasteiger partial charge in [-0.1, -0.05) is 0 Å². The number of amides is 1. The van der Waals surface area contributed by atoms with Crippen LogP contribution in [0.2, 0.25) is 0 Å². The quantitative estimate of drug-likeness (QED) is 0.237. The van der Waals surface area contributed by atoms with E-state index in [1.807, 2.05) is 0 Å². The van der Waals surface area contributed by atoms with Crippen LogP contribution in [0.15, 0.2) is 4.99 Å². The molecule has 0 heterocycles. The first-order chi connectivity index (χ1) is 6.95. The molecule has 0 spiro atoms. The topological polar surface area (TPSA) is 148 Å². The van der Waals surface area contributed by atoms with Gasteiger partial charge in [0, 0.05) is 0 Å². The van der Waals surface area contributed by atoms with Gasteiger partial charge in [-0.3, -0.25) is 4.79 Å². The summed E-state index contributed by atoms with van der Waals surface area (Å²) in [5.41, 5.74) is 0. The molecule has 8 nitrogen and oxygen atoms in total. The number of carbonyl (C=O) groups excluding carboxylic acids is 2. The van der Waals surface area contributed by atoms with Crippen molar-refractivity contribution >= 4 is 12.0 Å². The summed E-state index contributed by atoms with van der Waals surface area (Å²) < 4.78 is 0. The van der Waals surface area contributed by atoms with E-state index in [4.69, 9.17) is 25.5 Å². The lowest BCUT2D eigenvalue weighted by Crippen LogP contribution is -2.48. The lowest BCUT2D eigenvalue weighted by atomic mass is 10.0. The fourth-order valence-corrected chi connectivity index (χ4v) is 0.780. The molecule has 0 aromatic rings. The summed E-state index contributed by atoms with van der Waals surface area (Å²) in [5.74, 6) is -1.40. The van der Waals surface area contributed by atoms with Gasteiger partial charge in [-0.05, 0) is 0 Å². The van der Waals surface area contributed by atoms with Crippen LogP contribution in [0.5, 0.6) is 0 Å². The Morgan fingerprint density at radius 1 is 1.20 bits per heavy atom. The fourth-order valence-electron chi connectivity index (χ4n) is 0.780. The SMILES string of the molecule is O=C=NC(=O)C(O)C(O)C(O)C(O)CO. The summed E-state index contributed by atoms with van der Waals surface area (Å²) in [6, 6.07) is 0. The van der Waals surface area contributed by atoms with Crippen molar-refractivity contribution < 1.29 is 35.1 Å². The second kappa shape index (κ2) is 6.36. The van der Waals surface area contributed by atoms with Gasteiger partial charge in [-0.2, -0.15) is 0 Å². The summed E-state index contributed by atoms with van der Waals surface area (Å²) in [4.78, 5) is 22.9. The van der Waals surface area contributed by atoms with E-state index >= 15 is 0 Å². The lowest BCUT2D eigenvalue weighted by Gasteiger charge is -2.23. The highest BCUT2D eigenvalue weighted by Gasteiger charge is 2.34. The van der Waals surface area contributed by atoms with Crippen molar-refractivity contribution in [1.82, 2.24) is 0 Å². The van der Waals surface area contributed by atoms with Gasteiger partial charge in [-0.15, -0.1) is 4.99 Å². The van der Waals surface area contributed by atoms with Gasteiger partial charge in [-0.25, -0.2) is 4.79 Å². The van der Waals surface area contributed by atoms with E-state index in [1.165, 1.54) is 0 Å². The first-order valence-corrected chi connectivity index (χ1v) is 3.90. The van der Waals surface area contributed by atoms with E-state index in [9.17, 15) is 9.59 Å². The second-order valence-electron chi connectivity index (χ2n) is 2.72. The highest BCUT2D eigenvalue weighted by atomic mass is 16.4. The smallest absolute Gasteiger partial charge is 0.288 e. The molecule has 0 rings (SSSR count). The molecule has 86 valence electrons. The molecule has 0 saturated carbocycles. The van der Waals surface area contributed by atoms with Crippen LogP contribution in [0.25, 0.3) is 0 Å². The normalized spacial score (nSPS) is 18.5. The Hall–Kier alpha value is -1.15. The third kappa shape index (κ3) is 3.84. The maximum absolute atomic E-state index is 10.7. The molecule has 0 aliphatic rings. The minimum absolute atomic E-state index is 0.846. The molecule has 0 aliphatic carbocycles. The van der Waals surface area contributed by atoms with Crippen molar-refractivity contribution in [2.45, 2.75) is 24.4 Å². The van der Waals surface area contributed by atoms with Crippen LogP contribution >= 0.6 is 0 Å². The zero-order valence-electron chi connectivity index (χ0n) is 7.52. The maximum Gasteiger partial charge on any atom is 0.288 e. The molecule has 0 saturated heterocycles. The third-order valence-corrected chi connectivity index (χ3v) is 1.66. The number of nitrogens with zero attached hydrogens (tertiary/aromatic N) is 1. The monoisotopic (exact) mass is 221 g/mol. The Balaban J connectivity index is 4.49. The van der Waals surface area contributed by atoms with Gasteiger partial charge >= 0.3 is 0 Å². The summed E-state index contributed by atoms with van der Waals surface area (Å²) in [5, 5.41) is 44.4. The molecule has 15 heavy (non-hydrogen) atoms. The van der Waals surface area contributed by atoms with E-state index in [2.05, 4.69) is 4.99 Å². The predicted molar refractivity (Wildman–Crippen MR) is 44.2 cm³/mol. The number of isocyanates is 1. The van der Waals surface area contributed by atoms with Crippen molar-refractivity contribution in [2.75, 3.05) is 6.61 Å². The number of hydrogen-bond acceptors (Lipinski definition) is 7. The third-order valence-electron chi connectivity index (χ3n) is 1.66. The lowest BCUT2D eigenvalue weighted by molar-refractivity contribution is -0.145. The van der Waals surface area contributed by atoms with E-state index < -0.39 is 36.9 Å². The van der Waals surface area contributed by atoms with Gasteiger partial charge in [0.15, 0.2) is 6.10 Å². The van der Waals surface area contributed by atoms with Crippen molar-refractivity contribution in [3.05, 3.63) is 0 Å². The summed E-state index contributed by atoms with van der Waals surface area (Å²) in [6.07, 6.45) is -7.03. The zero-order chi connectivity index (χ0) is 12.0. The molecule has 0 bridgehead atoms. The van der Waals surface area contributed by atoms with E-state index in [0.717, 1.165) is 6.08 Å². The molecule has 8 heteroatoms. The van der Waals surface area contributed by atoms with Gasteiger partial charge < -0.3 is 25.5 Å². The van der Waals surface area contributed by atoms with Crippen LogP contribution < -0.4 is 0 Å². The maximum atomic E-state index is 10.7. The van der Waals surface area contributed by atoms with Crippen LogP contribution in [-0.4, -0.2) is 68.5 Å². The highest BCUT2D eigenvalue weighted by molar-refractivity contribution is 5.85. The van der Waals surface area contributed by atoms with Crippen molar-refractivity contribution in [3.8, 4) is 0 Å². The van der Waals surface area contributed by atoms with Gasteiger partial charge in [0.1, 0.15) is 18.3 Å². The summed E-state index contributed by atoms with van der Waals surface area (Å²) in [6.45, 7) is -0.865. The number of carbonyl (C=O) groups is 1. The van der Waals surface area contributed by atoms with E-state index in [0.29, 0.717) is 0 Å². The summed E-state index contributed by atoms with van der Waals surface area (Å²) >= 11 is 0. The Kier molecular flexibility index (Phi) is 5.87. The molecule has 0 radical (unpaired) electrons. The van der Waals surface area contributed by atoms with Crippen LogP contribution in [0.1, 0.15) is 0 Å². The van der Waals surface area contributed by atoms with Crippen molar-refractivity contribution in [2.24, 2.45) is 4.99 Å². The van der Waals surface area contributed by atoms with E-state index in [-0.39, 0.29) is 0 Å². The van der Waals surface area contributed by atoms with Crippen LogP contribution in [0.4, 0.5) is 0 Å². The van der Waals surface area contributed by atoms with Gasteiger partial charge in [0.2, 0.25) is 6.08 Å². The van der Waals surface area contributed by atoms with Crippen LogP contribution in [0.3, 0.4) is 0 Å². The number of aliphatic imine (C=N–C) groups is 1. The molecule has 0 fully saturated rings. The molecule has 0 aromatic carbocycles. The van der Waals surface area contributed by atoms with Crippen LogP contribution in [-0.2, 0) is 9.59 Å². The predicted octanol–water partition coefficient (Wildman–Crippen LogP) is -3.72. The molecule has 0 aromatic heterocycles. The van der Waals surface area contributed by atoms with Crippen LogP contribution in [0, 0.1) is 0 Å². The second-order valence-corrected chi connectivity index (χ2v) is 2.72. The number of rotatable bonds is 5. The Morgan fingerprint density at radius 3 is 2.13 bits per heavy atom. The average Bonchev–Trinajstić information content (AvgIpc) is 2.25. The van der Waals surface area contributed by atoms with Crippen molar-refractivity contribution in [1.29, 1.82) is 0 Å². The molecule has 0 aliphatic heterocycles. The molecular weight excluding hydrogens is 210 g/mol. The number of aliphatic hydroxyl groups excluding tert-OH is 5. The largest absolute Gasteiger partial charge is 0.394 e. The fraction of sp³-hybridized carbons (Fsp3) is 0.714. The van der Waals surface area contributed by atoms with Crippen molar-refractivity contribution in [3.63, 3.8) is 0 Å². The summed E-state index contributed by atoms with van der Waals surface area (Å²) in [7, 11) is 0. The Morgan fingerprint density at radius 2 is 1.73 bits per heavy atom. The van der Waals surface area contributed by atoms with Gasteiger partial charge in [0.25, 0.3) is 5.91 Å². The minimum atomic E-state index is -2.16. The Bertz CT molecular complexity index is 262. The van der Waals surface area contributed by atoms with Gasteiger partial charge in [0.05, 0.1) is 6.61 Å². The first-order valence-electron chi connectivity index (χ1n) is 3.90. The molecule has 1 amide bonds. The Labute approximate surface area is 84.1 Å². The average molecular weight is 221 g/mol. The minimum Gasteiger partial charge on any atom is -0.394 e. The molecular formula is C7H11NO7. The molecule has 5 N–H and O–H groups in total. The number of hydrogen-bond donors (Lipinski definition) is 5. The number of aliphatic hydroxyl groups is 5. The highest BCUT2D eigenvalue weighted by Crippen LogP contribution is 2.06. The zero-order valence-corrected chi connectivity index (χ0v) is 7.52. The standard InChI is InChI=1S/C7H11NO7/c9-1-3(11)4(12)5(13)6(14)7(15)8-2-10/h3-6,9,11-14H,1H2. The van der Waals surface area contributed by atoms with E-state index in [1.54, 1.807) is 0 Å². The molecule has 4 unspecified atom stereocenters.